The third kappa shape index (κ3) is 4.03. The molecule has 2 rings (SSSR count). The van der Waals surface area contributed by atoms with E-state index in [9.17, 15) is 9.18 Å². The van der Waals surface area contributed by atoms with Crippen LogP contribution >= 0.6 is 0 Å². The van der Waals surface area contributed by atoms with Crippen LogP contribution in [0.5, 0.6) is 0 Å². The molecule has 1 N–H and O–H groups in total. The first-order chi connectivity index (χ1) is 9.77. The molecule has 116 valence electrons. The average molecular weight is 292 g/mol. The summed E-state index contributed by atoms with van der Waals surface area (Å²) in [7, 11) is 2.07. The molecule has 1 heterocycles. The Labute approximate surface area is 126 Å². The van der Waals surface area contributed by atoms with Gasteiger partial charge in [-0.1, -0.05) is 26.8 Å². The summed E-state index contributed by atoms with van der Waals surface area (Å²) in [4.78, 5) is 14.4. The Morgan fingerprint density at radius 2 is 1.90 bits per heavy atom. The number of benzene rings is 1. The SMILES string of the molecule is CN1CCC(NC(=O)c2ccc(C(C)(C)C)cc2F)CC1. The molecule has 1 saturated heterocycles. The molecule has 1 aromatic carbocycles. The molecular weight excluding hydrogens is 267 g/mol. The fourth-order valence-electron chi connectivity index (χ4n) is 2.58. The van der Waals surface area contributed by atoms with Gasteiger partial charge in [0.2, 0.25) is 0 Å². The molecule has 1 amide bonds. The maximum Gasteiger partial charge on any atom is 0.254 e. The minimum Gasteiger partial charge on any atom is -0.349 e. The van der Waals surface area contributed by atoms with E-state index in [0.717, 1.165) is 31.5 Å². The highest BCUT2D eigenvalue weighted by Gasteiger charge is 2.22. The summed E-state index contributed by atoms with van der Waals surface area (Å²) < 4.78 is 14.2. The molecule has 3 nitrogen and oxygen atoms in total. The average Bonchev–Trinajstić information content (AvgIpc) is 2.40. The van der Waals surface area contributed by atoms with E-state index in [1.165, 1.54) is 6.07 Å². The van der Waals surface area contributed by atoms with Crippen molar-refractivity contribution in [3.8, 4) is 0 Å². The van der Waals surface area contributed by atoms with Crippen LogP contribution in [0.25, 0.3) is 0 Å². The van der Waals surface area contributed by atoms with Crippen LogP contribution < -0.4 is 5.32 Å². The van der Waals surface area contributed by atoms with Gasteiger partial charge in [-0.05, 0) is 56.1 Å². The Balaban J connectivity index is 2.06. The van der Waals surface area contributed by atoms with Crippen LogP contribution in [0.15, 0.2) is 18.2 Å². The van der Waals surface area contributed by atoms with Crippen molar-refractivity contribution in [2.45, 2.75) is 45.1 Å². The molecular formula is C17H25FN2O. The molecule has 0 saturated carbocycles. The number of carbonyl (C=O) groups is 1. The molecule has 0 aromatic heterocycles. The molecule has 0 unspecified atom stereocenters. The summed E-state index contributed by atoms with van der Waals surface area (Å²) in [6, 6.07) is 5.06. The van der Waals surface area contributed by atoms with Crippen molar-refractivity contribution in [1.82, 2.24) is 10.2 Å². The first-order valence-electron chi connectivity index (χ1n) is 7.57. The van der Waals surface area contributed by atoms with Gasteiger partial charge in [0.05, 0.1) is 5.56 Å². The van der Waals surface area contributed by atoms with E-state index in [4.69, 9.17) is 0 Å². The number of nitrogens with one attached hydrogen (secondary N) is 1. The number of halogens is 1. The monoisotopic (exact) mass is 292 g/mol. The molecule has 0 radical (unpaired) electrons. The van der Waals surface area contributed by atoms with E-state index in [1.54, 1.807) is 6.07 Å². The van der Waals surface area contributed by atoms with Gasteiger partial charge in [0.15, 0.2) is 0 Å². The molecule has 1 aliphatic heterocycles. The molecule has 0 spiro atoms. The van der Waals surface area contributed by atoms with Crippen LogP contribution in [0, 0.1) is 5.82 Å². The van der Waals surface area contributed by atoms with Crippen molar-refractivity contribution in [3.63, 3.8) is 0 Å². The molecule has 1 aromatic rings. The summed E-state index contributed by atoms with van der Waals surface area (Å²) in [5.41, 5.74) is 0.918. The fourth-order valence-corrected chi connectivity index (χ4v) is 2.58. The Bertz CT molecular complexity index is 514. The Morgan fingerprint density at radius 1 is 1.29 bits per heavy atom. The zero-order valence-electron chi connectivity index (χ0n) is 13.4. The number of nitrogens with zero attached hydrogens (tertiary/aromatic N) is 1. The second-order valence-corrected chi connectivity index (χ2v) is 7.00. The van der Waals surface area contributed by atoms with E-state index in [1.807, 2.05) is 26.8 Å². The van der Waals surface area contributed by atoms with Crippen molar-refractivity contribution in [2.24, 2.45) is 0 Å². The molecule has 4 heteroatoms. The summed E-state index contributed by atoms with van der Waals surface area (Å²) in [6.45, 7) is 8.02. The van der Waals surface area contributed by atoms with Gasteiger partial charge in [-0.15, -0.1) is 0 Å². The van der Waals surface area contributed by atoms with Crippen molar-refractivity contribution in [1.29, 1.82) is 0 Å². The topological polar surface area (TPSA) is 32.3 Å². The normalized spacial score (nSPS) is 17.8. The van der Waals surface area contributed by atoms with Gasteiger partial charge in [0.25, 0.3) is 5.91 Å². The second kappa shape index (κ2) is 6.14. The Morgan fingerprint density at radius 3 is 2.43 bits per heavy atom. The van der Waals surface area contributed by atoms with Gasteiger partial charge in [-0.25, -0.2) is 4.39 Å². The second-order valence-electron chi connectivity index (χ2n) is 7.00. The summed E-state index contributed by atoms with van der Waals surface area (Å²) in [5, 5.41) is 2.95. The number of piperidine rings is 1. The lowest BCUT2D eigenvalue weighted by molar-refractivity contribution is 0.0912. The van der Waals surface area contributed by atoms with E-state index in [0.29, 0.717) is 0 Å². The fraction of sp³-hybridized carbons (Fsp3) is 0.588. The lowest BCUT2D eigenvalue weighted by Gasteiger charge is -2.29. The molecule has 0 atom stereocenters. The number of likely N-dealkylation sites (tertiary alicyclic amines) is 1. The van der Waals surface area contributed by atoms with Gasteiger partial charge < -0.3 is 10.2 Å². The maximum atomic E-state index is 14.2. The quantitative estimate of drug-likeness (QED) is 0.909. The van der Waals surface area contributed by atoms with Crippen molar-refractivity contribution < 1.29 is 9.18 Å². The van der Waals surface area contributed by atoms with Crippen LogP contribution in [0.1, 0.15) is 49.5 Å². The smallest absolute Gasteiger partial charge is 0.254 e. The standard InChI is InChI=1S/C17H25FN2O/c1-17(2,3)12-5-6-14(15(18)11-12)16(21)19-13-7-9-20(4)10-8-13/h5-6,11,13H,7-10H2,1-4H3,(H,19,21). The molecule has 1 fully saturated rings. The van der Waals surface area contributed by atoms with Crippen molar-refractivity contribution >= 4 is 5.91 Å². The van der Waals surface area contributed by atoms with Crippen LogP contribution in [0.4, 0.5) is 4.39 Å². The van der Waals surface area contributed by atoms with Crippen molar-refractivity contribution in [3.05, 3.63) is 35.1 Å². The van der Waals surface area contributed by atoms with Crippen LogP contribution in [0.2, 0.25) is 0 Å². The van der Waals surface area contributed by atoms with E-state index in [2.05, 4.69) is 17.3 Å². The molecule has 1 aliphatic rings. The first-order valence-corrected chi connectivity index (χ1v) is 7.57. The molecule has 21 heavy (non-hydrogen) atoms. The number of hydrogen-bond donors (Lipinski definition) is 1. The number of rotatable bonds is 2. The third-order valence-corrected chi connectivity index (χ3v) is 4.13. The molecule has 0 bridgehead atoms. The van der Waals surface area contributed by atoms with Gasteiger partial charge >= 0.3 is 0 Å². The molecule has 0 aliphatic carbocycles. The van der Waals surface area contributed by atoms with E-state index in [-0.39, 0.29) is 22.9 Å². The number of carbonyl (C=O) groups excluding carboxylic acids is 1. The Hall–Kier alpha value is -1.42. The minimum atomic E-state index is -0.437. The minimum absolute atomic E-state index is 0.121. The predicted molar refractivity (Wildman–Crippen MR) is 83.1 cm³/mol. The first kappa shape index (κ1) is 16.0. The maximum absolute atomic E-state index is 14.2. The summed E-state index contributed by atoms with van der Waals surface area (Å²) in [5.74, 6) is -0.740. The Kier molecular flexibility index (Phi) is 4.67. The lowest BCUT2D eigenvalue weighted by Crippen LogP contribution is -2.43. The van der Waals surface area contributed by atoms with Crippen LogP contribution in [-0.2, 0) is 5.41 Å². The van der Waals surface area contributed by atoms with E-state index >= 15 is 0 Å². The van der Waals surface area contributed by atoms with Gasteiger partial charge in [0.1, 0.15) is 5.82 Å². The highest BCUT2D eigenvalue weighted by molar-refractivity contribution is 5.94. The van der Waals surface area contributed by atoms with E-state index < -0.39 is 5.82 Å². The highest BCUT2D eigenvalue weighted by Crippen LogP contribution is 2.24. The highest BCUT2D eigenvalue weighted by atomic mass is 19.1. The predicted octanol–water partition coefficient (Wildman–Crippen LogP) is 2.95. The van der Waals surface area contributed by atoms with Gasteiger partial charge in [-0.3, -0.25) is 4.79 Å². The summed E-state index contributed by atoms with van der Waals surface area (Å²) in [6.07, 6.45) is 1.84. The largest absolute Gasteiger partial charge is 0.349 e. The lowest BCUT2D eigenvalue weighted by atomic mass is 9.86. The summed E-state index contributed by atoms with van der Waals surface area (Å²) >= 11 is 0. The van der Waals surface area contributed by atoms with Gasteiger partial charge in [-0.2, -0.15) is 0 Å². The third-order valence-electron chi connectivity index (χ3n) is 4.13. The van der Waals surface area contributed by atoms with Crippen LogP contribution in [0.3, 0.4) is 0 Å². The van der Waals surface area contributed by atoms with Gasteiger partial charge in [0, 0.05) is 6.04 Å². The zero-order valence-corrected chi connectivity index (χ0v) is 13.4. The van der Waals surface area contributed by atoms with Crippen LogP contribution in [-0.4, -0.2) is 37.0 Å². The van der Waals surface area contributed by atoms with Crippen molar-refractivity contribution in [2.75, 3.05) is 20.1 Å². The number of hydrogen-bond acceptors (Lipinski definition) is 2. The zero-order chi connectivity index (χ0) is 15.6. The number of amides is 1.